The Balaban J connectivity index is 1.50. The monoisotopic (exact) mass is 521 g/mol. The molecule has 6 rings (SSSR count). The van der Waals surface area contributed by atoms with Gasteiger partial charge in [-0.1, -0.05) is 48.5 Å². The van der Waals surface area contributed by atoms with Gasteiger partial charge in [0.15, 0.2) is 0 Å². The van der Waals surface area contributed by atoms with Crippen LogP contribution in [0.2, 0.25) is 0 Å². The molecule has 0 bridgehead atoms. The Morgan fingerprint density at radius 2 is 1.63 bits per heavy atom. The van der Waals surface area contributed by atoms with Crippen molar-refractivity contribution >= 4 is 39.6 Å². The molecule has 0 unspecified atom stereocenters. The van der Waals surface area contributed by atoms with Gasteiger partial charge in [0.05, 0.1) is 24.4 Å². The summed E-state index contributed by atoms with van der Waals surface area (Å²) in [7, 11) is 1.61. The van der Waals surface area contributed by atoms with E-state index in [2.05, 4.69) is 8.75 Å². The number of aromatic nitrogens is 3. The standard InChI is InChI=1S/C30H23N3O4S/c1-36-22-10-8-21(9-11-22)28-24-13-12-23(37-18-19-5-3-2-4-6-19)16-27(24)33(29(28)30(34)35)17-20-7-14-25-26(15-20)32-38-31-25/h2-16H,17-18H2,1H3,(H,34,35). The van der Waals surface area contributed by atoms with Crippen molar-refractivity contribution in [2.75, 3.05) is 7.11 Å². The highest BCUT2D eigenvalue weighted by Gasteiger charge is 2.24. The van der Waals surface area contributed by atoms with Gasteiger partial charge in [-0.25, -0.2) is 4.79 Å². The molecule has 0 spiro atoms. The highest BCUT2D eigenvalue weighted by molar-refractivity contribution is 7.00. The Kier molecular flexibility index (Phi) is 6.23. The number of benzene rings is 4. The van der Waals surface area contributed by atoms with E-state index in [-0.39, 0.29) is 5.69 Å². The predicted molar refractivity (Wildman–Crippen MR) is 148 cm³/mol. The molecule has 0 amide bonds. The summed E-state index contributed by atoms with van der Waals surface area (Å²) in [4.78, 5) is 12.8. The van der Waals surface area contributed by atoms with Crippen LogP contribution in [-0.4, -0.2) is 31.5 Å². The molecule has 188 valence electrons. The minimum atomic E-state index is -1.00. The molecule has 0 aliphatic carbocycles. The summed E-state index contributed by atoms with van der Waals surface area (Å²) in [5.41, 5.74) is 6.04. The van der Waals surface area contributed by atoms with Gasteiger partial charge in [0.2, 0.25) is 0 Å². The molecule has 38 heavy (non-hydrogen) atoms. The topological polar surface area (TPSA) is 86.5 Å². The van der Waals surface area contributed by atoms with Gasteiger partial charge in [0.25, 0.3) is 0 Å². The Morgan fingerprint density at radius 3 is 2.39 bits per heavy atom. The molecular weight excluding hydrogens is 498 g/mol. The fourth-order valence-corrected chi connectivity index (χ4v) is 5.22. The first-order valence-corrected chi connectivity index (χ1v) is 12.8. The predicted octanol–water partition coefficient (Wildman–Crippen LogP) is 6.65. The summed E-state index contributed by atoms with van der Waals surface area (Å²) in [6.45, 7) is 0.765. The number of ether oxygens (including phenoxy) is 2. The van der Waals surface area contributed by atoms with Gasteiger partial charge >= 0.3 is 5.97 Å². The van der Waals surface area contributed by atoms with Crippen LogP contribution in [0.15, 0.2) is 91.0 Å². The molecule has 0 saturated heterocycles. The molecule has 6 aromatic rings. The van der Waals surface area contributed by atoms with E-state index in [1.807, 2.05) is 95.6 Å². The van der Waals surface area contributed by atoms with Gasteiger partial charge in [-0.2, -0.15) is 8.75 Å². The third-order valence-electron chi connectivity index (χ3n) is 6.52. The van der Waals surface area contributed by atoms with Crippen molar-refractivity contribution < 1.29 is 19.4 Å². The largest absolute Gasteiger partial charge is 0.497 e. The van der Waals surface area contributed by atoms with Crippen molar-refractivity contribution in [1.82, 2.24) is 13.3 Å². The summed E-state index contributed by atoms with van der Waals surface area (Å²) < 4.78 is 21.9. The molecule has 7 nitrogen and oxygen atoms in total. The highest BCUT2D eigenvalue weighted by Crippen LogP contribution is 2.38. The van der Waals surface area contributed by atoms with Crippen LogP contribution in [0.3, 0.4) is 0 Å². The Hall–Kier alpha value is -4.69. The maximum absolute atomic E-state index is 12.8. The lowest BCUT2D eigenvalue weighted by molar-refractivity contribution is 0.0687. The minimum absolute atomic E-state index is 0.210. The van der Waals surface area contributed by atoms with Gasteiger partial charge in [0.1, 0.15) is 34.8 Å². The van der Waals surface area contributed by atoms with Crippen molar-refractivity contribution in [3.8, 4) is 22.6 Å². The molecule has 4 aromatic carbocycles. The molecule has 8 heteroatoms. The van der Waals surface area contributed by atoms with E-state index < -0.39 is 5.97 Å². The molecule has 0 radical (unpaired) electrons. The number of carboxylic acids is 1. The van der Waals surface area contributed by atoms with E-state index in [4.69, 9.17) is 9.47 Å². The van der Waals surface area contributed by atoms with Crippen LogP contribution in [-0.2, 0) is 13.2 Å². The van der Waals surface area contributed by atoms with Crippen molar-refractivity contribution in [2.24, 2.45) is 0 Å². The zero-order valence-electron chi connectivity index (χ0n) is 20.5. The molecule has 1 N–H and O–H groups in total. The SMILES string of the molecule is COc1ccc(-c2c(C(=O)O)n(Cc3ccc4nsnc4c3)c3cc(OCc4ccccc4)ccc23)cc1. The maximum atomic E-state index is 12.8. The molecule has 0 saturated carbocycles. The van der Waals surface area contributed by atoms with E-state index in [0.717, 1.165) is 50.4 Å². The van der Waals surface area contributed by atoms with Crippen LogP contribution < -0.4 is 9.47 Å². The van der Waals surface area contributed by atoms with E-state index in [1.165, 1.54) is 0 Å². The highest BCUT2D eigenvalue weighted by atomic mass is 32.1. The normalized spacial score (nSPS) is 11.2. The van der Waals surface area contributed by atoms with E-state index in [1.54, 1.807) is 7.11 Å². The third kappa shape index (κ3) is 4.46. The molecule has 0 atom stereocenters. The molecule has 0 fully saturated rings. The van der Waals surface area contributed by atoms with Crippen LogP contribution in [0.1, 0.15) is 21.6 Å². The second-order valence-corrected chi connectivity index (χ2v) is 9.41. The Morgan fingerprint density at radius 1 is 0.868 bits per heavy atom. The van der Waals surface area contributed by atoms with Crippen molar-refractivity contribution in [2.45, 2.75) is 13.2 Å². The summed E-state index contributed by atoms with van der Waals surface area (Å²) in [6.07, 6.45) is 0. The van der Waals surface area contributed by atoms with Gasteiger partial charge in [-0.3, -0.25) is 0 Å². The molecule has 0 aliphatic rings. The van der Waals surface area contributed by atoms with Crippen molar-refractivity contribution in [3.63, 3.8) is 0 Å². The minimum Gasteiger partial charge on any atom is -0.497 e. The third-order valence-corrected chi connectivity index (χ3v) is 7.08. The number of nitrogens with zero attached hydrogens (tertiary/aromatic N) is 3. The average Bonchev–Trinajstić information content (AvgIpc) is 3.55. The summed E-state index contributed by atoms with van der Waals surface area (Å²) in [6, 6.07) is 29.0. The number of carbonyl (C=O) groups is 1. The smallest absolute Gasteiger partial charge is 0.353 e. The lowest BCUT2D eigenvalue weighted by Gasteiger charge is -2.11. The lowest BCUT2D eigenvalue weighted by atomic mass is 10.0. The fourth-order valence-electron chi connectivity index (χ4n) is 4.70. The van der Waals surface area contributed by atoms with Crippen LogP contribution in [0.4, 0.5) is 0 Å². The number of fused-ring (bicyclic) bond motifs is 2. The first kappa shape index (κ1) is 23.7. The van der Waals surface area contributed by atoms with E-state index >= 15 is 0 Å². The fraction of sp³-hybridized carbons (Fsp3) is 0.100. The lowest BCUT2D eigenvalue weighted by Crippen LogP contribution is -2.10. The summed E-state index contributed by atoms with van der Waals surface area (Å²) in [5, 5.41) is 11.3. The van der Waals surface area contributed by atoms with Crippen molar-refractivity contribution in [3.05, 3.63) is 108 Å². The maximum Gasteiger partial charge on any atom is 0.353 e. The number of hydrogen-bond acceptors (Lipinski definition) is 6. The zero-order chi connectivity index (χ0) is 26.1. The van der Waals surface area contributed by atoms with Gasteiger partial charge in [0, 0.05) is 23.6 Å². The summed E-state index contributed by atoms with van der Waals surface area (Å²) >= 11 is 1.16. The zero-order valence-corrected chi connectivity index (χ0v) is 21.3. The molecule has 2 aromatic heterocycles. The van der Waals surface area contributed by atoms with Crippen LogP contribution in [0, 0.1) is 0 Å². The first-order chi connectivity index (χ1) is 18.6. The van der Waals surface area contributed by atoms with E-state index in [9.17, 15) is 9.90 Å². The van der Waals surface area contributed by atoms with Crippen LogP contribution in [0.25, 0.3) is 33.1 Å². The quantitative estimate of drug-likeness (QED) is 0.241. The number of aromatic carboxylic acids is 1. The van der Waals surface area contributed by atoms with Crippen LogP contribution >= 0.6 is 11.7 Å². The Labute approximate surface area is 222 Å². The second kappa shape index (κ2) is 9.99. The second-order valence-electron chi connectivity index (χ2n) is 8.88. The Bertz CT molecular complexity index is 1760. The van der Waals surface area contributed by atoms with Gasteiger partial charge in [-0.15, -0.1) is 0 Å². The number of carboxylic acid groups (broad SMARTS) is 1. The average molecular weight is 522 g/mol. The van der Waals surface area contributed by atoms with Gasteiger partial charge < -0.3 is 19.1 Å². The first-order valence-electron chi connectivity index (χ1n) is 12.0. The summed E-state index contributed by atoms with van der Waals surface area (Å²) in [5.74, 6) is 0.365. The number of methoxy groups -OCH3 is 1. The van der Waals surface area contributed by atoms with E-state index in [0.29, 0.717) is 30.2 Å². The number of rotatable bonds is 8. The van der Waals surface area contributed by atoms with Gasteiger partial charge in [-0.05, 0) is 53.1 Å². The number of hydrogen-bond donors (Lipinski definition) is 1. The van der Waals surface area contributed by atoms with Crippen LogP contribution in [0.5, 0.6) is 11.5 Å². The molecule has 0 aliphatic heterocycles. The van der Waals surface area contributed by atoms with Crippen molar-refractivity contribution in [1.29, 1.82) is 0 Å². The molecule has 2 heterocycles. The molecular formula is C30H23N3O4S.